The second-order valence-electron chi connectivity index (χ2n) is 9.85. The molecule has 0 aromatic heterocycles. The fourth-order valence-corrected chi connectivity index (χ4v) is 6.78. The normalized spacial score (nSPS) is 14.5. The Balaban J connectivity index is 1.32. The molecular formula is C32H32BrN3O3S. The molecule has 6 nitrogen and oxygen atoms in total. The van der Waals surface area contributed by atoms with Gasteiger partial charge in [0.25, 0.3) is 0 Å². The molecule has 0 spiro atoms. The number of amides is 1. The zero-order chi connectivity index (χ0) is 28.0. The molecule has 0 bridgehead atoms. The minimum atomic E-state index is -3.89. The summed E-state index contributed by atoms with van der Waals surface area (Å²) in [5, 5.41) is 0. The van der Waals surface area contributed by atoms with Gasteiger partial charge in [0, 0.05) is 37.2 Å². The molecule has 4 aromatic rings. The highest BCUT2D eigenvalue weighted by atomic mass is 79.9. The van der Waals surface area contributed by atoms with Crippen LogP contribution in [0.15, 0.2) is 125 Å². The van der Waals surface area contributed by atoms with Gasteiger partial charge in [0.15, 0.2) is 0 Å². The lowest BCUT2D eigenvalue weighted by Gasteiger charge is -2.40. The molecule has 1 heterocycles. The van der Waals surface area contributed by atoms with Crippen molar-refractivity contribution < 1.29 is 13.2 Å². The number of halogens is 1. The van der Waals surface area contributed by atoms with Crippen molar-refractivity contribution in [2.24, 2.45) is 0 Å². The van der Waals surface area contributed by atoms with Crippen LogP contribution in [0.2, 0.25) is 0 Å². The highest BCUT2D eigenvalue weighted by Crippen LogP contribution is 2.29. The van der Waals surface area contributed by atoms with E-state index >= 15 is 0 Å². The first-order valence-electron chi connectivity index (χ1n) is 13.3. The molecule has 1 aliphatic rings. The van der Waals surface area contributed by atoms with Crippen LogP contribution in [0.3, 0.4) is 0 Å². The van der Waals surface area contributed by atoms with E-state index in [1.54, 1.807) is 29.2 Å². The van der Waals surface area contributed by atoms with Crippen LogP contribution in [0.25, 0.3) is 0 Å². The molecule has 1 amide bonds. The average molecular weight is 619 g/mol. The number of piperazine rings is 1. The zero-order valence-electron chi connectivity index (χ0n) is 22.1. The third-order valence-corrected chi connectivity index (χ3v) is 9.56. The van der Waals surface area contributed by atoms with Crippen molar-refractivity contribution in [2.75, 3.05) is 32.7 Å². The second-order valence-corrected chi connectivity index (χ2v) is 12.7. The Bertz CT molecular complexity index is 1450. The Hall–Kier alpha value is -3.30. The number of nitrogens with zero attached hydrogens (tertiary/aromatic N) is 3. The monoisotopic (exact) mass is 617 g/mol. The van der Waals surface area contributed by atoms with Gasteiger partial charge in [-0.05, 0) is 41.0 Å². The van der Waals surface area contributed by atoms with E-state index in [2.05, 4.69) is 69.4 Å². The Morgan fingerprint density at radius 1 is 0.725 bits per heavy atom. The topological polar surface area (TPSA) is 60.9 Å². The number of carbonyl (C=O) groups is 1. The number of hydrogen-bond donors (Lipinski definition) is 0. The molecule has 1 aliphatic heterocycles. The van der Waals surface area contributed by atoms with E-state index in [9.17, 15) is 13.2 Å². The van der Waals surface area contributed by atoms with Gasteiger partial charge in [-0.15, -0.1) is 0 Å². The largest absolute Gasteiger partial charge is 0.339 e. The Kier molecular flexibility index (Phi) is 9.11. The van der Waals surface area contributed by atoms with E-state index in [-0.39, 0.29) is 29.9 Å². The first-order chi connectivity index (χ1) is 19.4. The molecule has 8 heteroatoms. The second kappa shape index (κ2) is 12.9. The summed E-state index contributed by atoms with van der Waals surface area (Å²) in [6, 6.07) is 36.8. The molecule has 5 rings (SSSR count). The van der Waals surface area contributed by atoms with Crippen LogP contribution in [0.4, 0.5) is 0 Å². The van der Waals surface area contributed by atoms with Crippen molar-refractivity contribution >= 4 is 31.9 Å². The molecule has 40 heavy (non-hydrogen) atoms. The van der Waals surface area contributed by atoms with Gasteiger partial charge in [0.05, 0.1) is 17.5 Å². The Morgan fingerprint density at radius 3 is 1.75 bits per heavy atom. The number of carbonyl (C=O) groups excluding carboxylic acids is 1. The van der Waals surface area contributed by atoms with E-state index in [1.165, 1.54) is 15.4 Å². The van der Waals surface area contributed by atoms with Crippen LogP contribution < -0.4 is 0 Å². The van der Waals surface area contributed by atoms with Gasteiger partial charge in [-0.25, -0.2) is 8.42 Å². The summed E-state index contributed by atoms with van der Waals surface area (Å²) in [6.07, 6.45) is 0. The predicted molar refractivity (Wildman–Crippen MR) is 161 cm³/mol. The summed E-state index contributed by atoms with van der Waals surface area (Å²) in [7, 11) is -3.89. The predicted octanol–water partition coefficient (Wildman–Crippen LogP) is 5.57. The highest BCUT2D eigenvalue weighted by molar-refractivity contribution is 9.10. The minimum absolute atomic E-state index is 0.0898. The summed E-state index contributed by atoms with van der Waals surface area (Å²) in [4.78, 5) is 17.9. The van der Waals surface area contributed by atoms with Gasteiger partial charge in [0.1, 0.15) is 0 Å². The van der Waals surface area contributed by atoms with Crippen molar-refractivity contribution in [3.05, 3.63) is 136 Å². The Labute approximate surface area is 245 Å². The van der Waals surface area contributed by atoms with Crippen LogP contribution >= 0.6 is 15.9 Å². The van der Waals surface area contributed by atoms with Gasteiger partial charge in [-0.1, -0.05) is 107 Å². The SMILES string of the molecule is O=C(CN(Cc1ccccc1)S(=O)(=O)c1ccc(Br)cc1)N1CCN(C(c2ccccc2)c2ccccc2)CC1. The number of hydrogen-bond acceptors (Lipinski definition) is 4. The van der Waals surface area contributed by atoms with Gasteiger partial charge >= 0.3 is 0 Å². The van der Waals surface area contributed by atoms with Crippen LogP contribution in [-0.4, -0.2) is 61.2 Å². The minimum Gasteiger partial charge on any atom is -0.339 e. The lowest BCUT2D eigenvalue weighted by molar-refractivity contribution is -0.133. The van der Waals surface area contributed by atoms with Gasteiger partial charge in [0.2, 0.25) is 15.9 Å². The molecule has 206 valence electrons. The van der Waals surface area contributed by atoms with Crippen molar-refractivity contribution in [1.29, 1.82) is 0 Å². The summed E-state index contributed by atoms with van der Waals surface area (Å²) >= 11 is 3.37. The van der Waals surface area contributed by atoms with E-state index < -0.39 is 10.0 Å². The molecule has 4 aromatic carbocycles. The van der Waals surface area contributed by atoms with Crippen LogP contribution in [0.5, 0.6) is 0 Å². The smallest absolute Gasteiger partial charge is 0.243 e. The summed E-state index contributed by atoms with van der Waals surface area (Å²) in [5.41, 5.74) is 3.25. The summed E-state index contributed by atoms with van der Waals surface area (Å²) in [6.45, 7) is 2.36. The van der Waals surface area contributed by atoms with Gasteiger partial charge in [-0.3, -0.25) is 9.69 Å². The third kappa shape index (κ3) is 6.70. The maximum absolute atomic E-state index is 13.7. The third-order valence-electron chi connectivity index (χ3n) is 7.23. The fraction of sp³-hybridized carbons (Fsp3) is 0.219. The molecule has 0 N–H and O–H groups in total. The average Bonchev–Trinajstić information content (AvgIpc) is 2.99. The standard InChI is InChI=1S/C32H32BrN3O3S/c33-29-16-18-30(19-17-29)40(38,39)36(24-26-10-4-1-5-11-26)25-31(37)34-20-22-35(23-21-34)32(27-12-6-2-7-13-27)28-14-8-3-9-15-28/h1-19,32H,20-25H2. The number of rotatable bonds is 9. The van der Waals surface area contributed by atoms with Crippen LogP contribution in [0.1, 0.15) is 22.7 Å². The molecule has 0 atom stereocenters. The number of sulfonamides is 1. The molecule has 0 radical (unpaired) electrons. The highest BCUT2D eigenvalue weighted by Gasteiger charge is 2.32. The van der Waals surface area contributed by atoms with Crippen molar-refractivity contribution in [3.8, 4) is 0 Å². The zero-order valence-corrected chi connectivity index (χ0v) is 24.5. The lowest BCUT2D eigenvalue weighted by Crippen LogP contribution is -2.52. The molecule has 0 aliphatic carbocycles. The summed E-state index contributed by atoms with van der Waals surface area (Å²) in [5.74, 6) is -0.188. The first kappa shape index (κ1) is 28.2. The lowest BCUT2D eigenvalue weighted by atomic mass is 9.96. The van der Waals surface area contributed by atoms with E-state index in [0.29, 0.717) is 26.2 Å². The van der Waals surface area contributed by atoms with Crippen molar-refractivity contribution in [3.63, 3.8) is 0 Å². The fourth-order valence-electron chi connectivity index (χ4n) is 5.13. The quantitative estimate of drug-likeness (QED) is 0.246. The Morgan fingerprint density at radius 2 is 1.23 bits per heavy atom. The maximum Gasteiger partial charge on any atom is 0.243 e. The van der Waals surface area contributed by atoms with Gasteiger partial charge < -0.3 is 4.90 Å². The van der Waals surface area contributed by atoms with Crippen LogP contribution in [0, 0.1) is 0 Å². The molecule has 0 saturated carbocycles. The van der Waals surface area contributed by atoms with Crippen LogP contribution in [-0.2, 0) is 21.4 Å². The van der Waals surface area contributed by atoms with E-state index in [4.69, 9.17) is 0 Å². The molecular weight excluding hydrogens is 586 g/mol. The summed E-state index contributed by atoms with van der Waals surface area (Å²) < 4.78 is 29.4. The van der Waals surface area contributed by atoms with Crippen molar-refractivity contribution in [1.82, 2.24) is 14.1 Å². The molecule has 1 saturated heterocycles. The van der Waals surface area contributed by atoms with Crippen molar-refractivity contribution in [2.45, 2.75) is 17.5 Å². The molecule has 1 fully saturated rings. The molecule has 0 unspecified atom stereocenters. The maximum atomic E-state index is 13.7. The first-order valence-corrected chi connectivity index (χ1v) is 15.6. The van der Waals surface area contributed by atoms with E-state index in [0.717, 1.165) is 10.0 Å². The number of benzene rings is 4. The van der Waals surface area contributed by atoms with E-state index in [1.807, 2.05) is 42.5 Å². The van der Waals surface area contributed by atoms with Gasteiger partial charge in [-0.2, -0.15) is 4.31 Å².